The monoisotopic (exact) mass is 557 g/mol. The number of rotatable bonds is 8. The van der Waals surface area contributed by atoms with Crippen molar-refractivity contribution in [3.05, 3.63) is 65.9 Å². The Morgan fingerprint density at radius 2 is 1.73 bits per heavy atom. The molecule has 2 aliphatic heterocycles. The second-order valence-corrected chi connectivity index (χ2v) is 10.4. The smallest absolute Gasteiger partial charge is 0.319 e. The molecule has 0 unspecified atom stereocenters. The first-order valence-corrected chi connectivity index (χ1v) is 14.2. The van der Waals surface area contributed by atoms with Gasteiger partial charge >= 0.3 is 6.03 Å². The zero-order valence-corrected chi connectivity index (χ0v) is 23.0. The first-order valence-electron chi connectivity index (χ1n) is 14.2. The van der Waals surface area contributed by atoms with E-state index in [9.17, 15) is 4.79 Å². The Labute approximate surface area is 238 Å². The van der Waals surface area contributed by atoms with Gasteiger partial charge in [0.05, 0.1) is 19.8 Å². The number of amides is 2. The second kappa shape index (κ2) is 12.6. The highest BCUT2D eigenvalue weighted by atomic mass is 16.5. The summed E-state index contributed by atoms with van der Waals surface area (Å²) in [6, 6.07) is 17.6. The molecule has 2 fully saturated rings. The van der Waals surface area contributed by atoms with Crippen LogP contribution in [0.1, 0.15) is 30.0 Å². The molecule has 0 bridgehead atoms. The molecule has 2 aromatic carbocycles. The van der Waals surface area contributed by atoms with E-state index < -0.39 is 0 Å². The minimum atomic E-state index is -0.372. The van der Waals surface area contributed by atoms with Crippen LogP contribution >= 0.6 is 0 Å². The molecule has 2 aliphatic rings. The maximum Gasteiger partial charge on any atom is 0.319 e. The first-order chi connectivity index (χ1) is 20.2. The highest BCUT2D eigenvalue weighted by Crippen LogP contribution is 2.36. The molecule has 6 rings (SSSR count). The SMILES string of the molecule is O=C(NCCO)Nc1ccc(-c2nc(N3CCOCC3)c3onc(C4CCN(Cc5ccccc5)CC4)c3n2)cc1. The average Bonchev–Trinajstić information content (AvgIpc) is 3.45. The Morgan fingerprint density at radius 1 is 0.976 bits per heavy atom. The van der Waals surface area contributed by atoms with E-state index in [-0.39, 0.29) is 25.1 Å². The van der Waals surface area contributed by atoms with E-state index in [4.69, 9.17) is 24.3 Å². The lowest BCUT2D eigenvalue weighted by molar-refractivity contribution is 0.122. The number of aromatic nitrogens is 3. The molecule has 0 aliphatic carbocycles. The van der Waals surface area contributed by atoms with E-state index in [2.05, 4.69) is 55.9 Å². The second-order valence-electron chi connectivity index (χ2n) is 10.4. The summed E-state index contributed by atoms with van der Waals surface area (Å²) in [7, 11) is 0. The molecule has 11 nitrogen and oxygen atoms in total. The summed E-state index contributed by atoms with van der Waals surface area (Å²) in [5.41, 5.74) is 5.08. The van der Waals surface area contributed by atoms with Crippen molar-refractivity contribution < 1.29 is 19.2 Å². The van der Waals surface area contributed by atoms with Gasteiger partial charge in [0, 0.05) is 43.3 Å². The van der Waals surface area contributed by atoms with E-state index in [1.165, 1.54) is 5.56 Å². The highest BCUT2D eigenvalue weighted by molar-refractivity contribution is 5.90. The van der Waals surface area contributed by atoms with Crippen LogP contribution in [-0.2, 0) is 11.3 Å². The van der Waals surface area contributed by atoms with Gasteiger partial charge in [-0.1, -0.05) is 35.5 Å². The van der Waals surface area contributed by atoms with Crippen LogP contribution in [0.5, 0.6) is 0 Å². The van der Waals surface area contributed by atoms with E-state index >= 15 is 0 Å². The Morgan fingerprint density at radius 3 is 2.46 bits per heavy atom. The van der Waals surface area contributed by atoms with Gasteiger partial charge in [0.1, 0.15) is 11.2 Å². The third-order valence-electron chi connectivity index (χ3n) is 7.66. The lowest BCUT2D eigenvalue weighted by atomic mass is 9.92. The number of likely N-dealkylation sites (tertiary alicyclic amines) is 1. The molecule has 0 saturated carbocycles. The van der Waals surface area contributed by atoms with Gasteiger partial charge in [0.2, 0.25) is 5.58 Å². The fraction of sp³-hybridized carbons (Fsp3) is 0.400. The number of hydrogen-bond donors (Lipinski definition) is 3. The maximum atomic E-state index is 12.0. The lowest BCUT2D eigenvalue weighted by Crippen LogP contribution is -2.37. The minimum Gasteiger partial charge on any atom is -0.395 e. The van der Waals surface area contributed by atoms with Crippen molar-refractivity contribution in [2.24, 2.45) is 0 Å². The molecule has 2 saturated heterocycles. The summed E-state index contributed by atoms with van der Waals surface area (Å²) in [4.78, 5) is 26.6. The summed E-state index contributed by atoms with van der Waals surface area (Å²) in [6.07, 6.45) is 1.97. The third-order valence-corrected chi connectivity index (χ3v) is 7.66. The Bertz CT molecular complexity index is 1450. The number of anilines is 2. The number of carbonyl (C=O) groups excluding carboxylic acids is 1. The normalized spacial score (nSPS) is 16.7. The molecule has 214 valence electrons. The maximum absolute atomic E-state index is 12.0. The zero-order valence-electron chi connectivity index (χ0n) is 23.0. The number of aliphatic hydroxyl groups excluding tert-OH is 1. The van der Waals surface area contributed by atoms with Crippen molar-refractivity contribution in [3.63, 3.8) is 0 Å². The van der Waals surface area contributed by atoms with Crippen LogP contribution in [0.3, 0.4) is 0 Å². The topological polar surface area (TPSA) is 129 Å². The van der Waals surface area contributed by atoms with Crippen molar-refractivity contribution in [1.82, 2.24) is 25.3 Å². The quantitative estimate of drug-likeness (QED) is 0.298. The molecular formula is C30H35N7O4. The van der Waals surface area contributed by atoms with Gasteiger partial charge in [-0.15, -0.1) is 0 Å². The molecular weight excluding hydrogens is 522 g/mol. The van der Waals surface area contributed by atoms with Gasteiger partial charge < -0.3 is 29.9 Å². The van der Waals surface area contributed by atoms with E-state index in [0.29, 0.717) is 43.4 Å². The number of fused-ring (bicyclic) bond motifs is 1. The number of carbonyl (C=O) groups is 1. The standard InChI is InChI=1S/C30H35N7O4/c38-17-12-31-30(39)32-24-8-6-23(7-9-24)28-33-26-25(35-41-27(26)29(34-28)37-15-18-40-19-16-37)22-10-13-36(14-11-22)20-21-4-2-1-3-5-21/h1-9,22,38H,10-20H2,(H2,31,32,39). The van der Waals surface area contributed by atoms with E-state index in [0.717, 1.165) is 55.1 Å². The van der Waals surface area contributed by atoms with Crippen LogP contribution in [0.2, 0.25) is 0 Å². The van der Waals surface area contributed by atoms with Crippen molar-refractivity contribution in [2.45, 2.75) is 25.3 Å². The van der Waals surface area contributed by atoms with Gasteiger partial charge in [0.25, 0.3) is 0 Å². The van der Waals surface area contributed by atoms with Crippen LogP contribution < -0.4 is 15.5 Å². The summed E-state index contributed by atoms with van der Waals surface area (Å²) < 4.78 is 11.5. The fourth-order valence-electron chi connectivity index (χ4n) is 5.47. The Hall–Kier alpha value is -4.06. The van der Waals surface area contributed by atoms with Crippen molar-refractivity contribution in [1.29, 1.82) is 0 Å². The van der Waals surface area contributed by atoms with Crippen LogP contribution in [0.15, 0.2) is 59.1 Å². The van der Waals surface area contributed by atoms with Gasteiger partial charge in [-0.25, -0.2) is 14.8 Å². The predicted molar refractivity (Wildman–Crippen MR) is 156 cm³/mol. The van der Waals surface area contributed by atoms with Crippen molar-refractivity contribution in [3.8, 4) is 11.4 Å². The van der Waals surface area contributed by atoms with Crippen molar-refractivity contribution in [2.75, 3.05) is 62.8 Å². The summed E-state index contributed by atoms with van der Waals surface area (Å²) in [5.74, 6) is 1.58. The van der Waals surface area contributed by atoms with Crippen LogP contribution in [0.4, 0.5) is 16.3 Å². The molecule has 4 aromatic rings. The van der Waals surface area contributed by atoms with Gasteiger partial charge in [0.15, 0.2) is 11.6 Å². The van der Waals surface area contributed by atoms with Crippen molar-refractivity contribution >= 4 is 28.6 Å². The predicted octanol–water partition coefficient (Wildman–Crippen LogP) is 3.61. The zero-order chi connectivity index (χ0) is 28.0. The number of ether oxygens (including phenoxy) is 1. The highest BCUT2D eigenvalue weighted by Gasteiger charge is 2.29. The van der Waals surface area contributed by atoms with Gasteiger partial charge in [-0.3, -0.25) is 4.90 Å². The first kappa shape index (κ1) is 27.1. The Kier molecular flexibility index (Phi) is 8.36. The molecule has 4 heterocycles. The van der Waals surface area contributed by atoms with Gasteiger partial charge in [-0.2, -0.15) is 0 Å². The molecule has 11 heteroatoms. The van der Waals surface area contributed by atoms with E-state index in [1.807, 2.05) is 24.3 Å². The minimum absolute atomic E-state index is 0.116. The number of piperidine rings is 1. The summed E-state index contributed by atoms with van der Waals surface area (Å²) in [5, 5.41) is 18.8. The van der Waals surface area contributed by atoms with Crippen LogP contribution in [-0.4, -0.2) is 83.7 Å². The molecule has 0 spiro atoms. The molecule has 0 radical (unpaired) electrons. The number of hydrogen-bond acceptors (Lipinski definition) is 9. The number of morpholine rings is 1. The third kappa shape index (κ3) is 6.32. The number of nitrogens with zero attached hydrogens (tertiary/aromatic N) is 5. The average molecular weight is 558 g/mol. The van der Waals surface area contributed by atoms with Crippen LogP contribution in [0.25, 0.3) is 22.5 Å². The number of aliphatic hydroxyl groups is 1. The molecule has 2 aromatic heterocycles. The lowest BCUT2D eigenvalue weighted by Gasteiger charge is -2.31. The molecule has 41 heavy (non-hydrogen) atoms. The number of urea groups is 1. The number of benzene rings is 2. The molecule has 3 N–H and O–H groups in total. The largest absolute Gasteiger partial charge is 0.395 e. The fourth-order valence-corrected chi connectivity index (χ4v) is 5.47. The van der Waals surface area contributed by atoms with E-state index in [1.54, 1.807) is 0 Å². The summed E-state index contributed by atoms with van der Waals surface area (Å²) in [6.45, 7) is 5.68. The van der Waals surface area contributed by atoms with Gasteiger partial charge in [-0.05, 0) is 55.8 Å². The van der Waals surface area contributed by atoms with Crippen LogP contribution in [0, 0.1) is 0 Å². The molecule has 0 atom stereocenters. The molecule has 2 amide bonds. The Balaban J connectivity index is 1.26. The number of nitrogens with one attached hydrogen (secondary N) is 2. The summed E-state index contributed by atoms with van der Waals surface area (Å²) >= 11 is 0.